The number of nitrogens with zero attached hydrogens (tertiary/aromatic N) is 3. The maximum Gasteiger partial charge on any atom is 0.227 e. The number of carbonyl (C=O) groups is 1. The number of hydrogen-bond acceptors (Lipinski definition) is 2. The Kier molecular flexibility index (Phi) is 3.60. The topological polar surface area (TPSA) is 38.1 Å². The van der Waals surface area contributed by atoms with Crippen molar-refractivity contribution in [2.75, 3.05) is 11.4 Å². The van der Waals surface area contributed by atoms with Gasteiger partial charge in [-0.25, -0.2) is 4.98 Å². The van der Waals surface area contributed by atoms with Crippen LogP contribution in [0.1, 0.15) is 30.7 Å². The number of anilines is 1. The van der Waals surface area contributed by atoms with E-state index in [4.69, 9.17) is 4.98 Å². The van der Waals surface area contributed by atoms with Gasteiger partial charge in [-0.15, -0.1) is 0 Å². The first-order chi connectivity index (χ1) is 11.7. The SMILES string of the molecule is CCn1c(C2CC(=O)N(c3ccc(C)cc3)C2)nc2ccccc21. The molecule has 2 aromatic carbocycles. The summed E-state index contributed by atoms with van der Waals surface area (Å²) in [6.45, 7) is 5.75. The number of carbonyl (C=O) groups excluding carboxylic acids is 1. The second kappa shape index (κ2) is 5.78. The number of benzene rings is 2. The van der Waals surface area contributed by atoms with E-state index in [1.807, 2.05) is 35.2 Å². The normalized spacial score (nSPS) is 17.8. The smallest absolute Gasteiger partial charge is 0.227 e. The van der Waals surface area contributed by atoms with E-state index in [0.29, 0.717) is 13.0 Å². The Bertz CT molecular complexity index is 895. The highest BCUT2D eigenvalue weighted by Crippen LogP contribution is 2.33. The summed E-state index contributed by atoms with van der Waals surface area (Å²) in [6.07, 6.45) is 0.525. The third-order valence-corrected chi connectivity index (χ3v) is 4.84. The average molecular weight is 319 g/mol. The highest BCUT2D eigenvalue weighted by molar-refractivity contribution is 5.96. The molecule has 4 heteroatoms. The molecule has 0 spiro atoms. The number of para-hydroxylation sites is 2. The van der Waals surface area contributed by atoms with Crippen LogP contribution in [-0.4, -0.2) is 22.0 Å². The van der Waals surface area contributed by atoms with Crippen molar-refractivity contribution >= 4 is 22.6 Å². The number of amides is 1. The Morgan fingerprint density at radius 1 is 1.12 bits per heavy atom. The number of hydrogen-bond donors (Lipinski definition) is 0. The maximum absolute atomic E-state index is 12.5. The Morgan fingerprint density at radius 2 is 1.88 bits per heavy atom. The minimum atomic E-state index is 0.145. The zero-order valence-electron chi connectivity index (χ0n) is 14.1. The molecule has 4 rings (SSSR count). The van der Waals surface area contributed by atoms with Gasteiger partial charge in [0, 0.05) is 31.1 Å². The Hall–Kier alpha value is -2.62. The molecule has 4 nitrogen and oxygen atoms in total. The summed E-state index contributed by atoms with van der Waals surface area (Å²) >= 11 is 0. The largest absolute Gasteiger partial charge is 0.328 e. The molecular formula is C20H21N3O. The van der Waals surface area contributed by atoms with E-state index in [-0.39, 0.29) is 11.8 Å². The van der Waals surface area contributed by atoms with Crippen LogP contribution in [0.2, 0.25) is 0 Å². The third kappa shape index (κ3) is 2.39. The van der Waals surface area contributed by atoms with E-state index >= 15 is 0 Å². The first kappa shape index (κ1) is 14.9. The molecule has 0 bridgehead atoms. The predicted molar refractivity (Wildman–Crippen MR) is 96.3 cm³/mol. The standard InChI is InChI=1S/C20H21N3O/c1-3-22-18-7-5-4-6-17(18)21-20(22)15-12-19(24)23(13-15)16-10-8-14(2)9-11-16/h4-11,15H,3,12-13H2,1-2H3. The molecule has 1 fully saturated rings. The van der Waals surface area contributed by atoms with Crippen molar-refractivity contribution in [1.82, 2.24) is 9.55 Å². The molecule has 1 atom stereocenters. The number of imidazole rings is 1. The fourth-order valence-corrected chi connectivity index (χ4v) is 3.59. The van der Waals surface area contributed by atoms with Gasteiger partial charge in [-0.05, 0) is 38.1 Å². The number of fused-ring (bicyclic) bond motifs is 1. The first-order valence-corrected chi connectivity index (χ1v) is 8.49. The Morgan fingerprint density at radius 3 is 2.62 bits per heavy atom. The molecule has 1 aliphatic heterocycles. The van der Waals surface area contributed by atoms with E-state index < -0.39 is 0 Å². The quantitative estimate of drug-likeness (QED) is 0.734. The molecule has 122 valence electrons. The molecule has 24 heavy (non-hydrogen) atoms. The molecule has 0 N–H and O–H groups in total. The molecule has 3 aromatic rings. The van der Waals surface area contributed by atoms with Crippen molar-refractivity contribution in [1.29, 1.82) is 0 Å². The van der Waals surface area contributed by atoms with Crippen molar-refractivity contribution < 1.29 is 4.79 Å². The number of aryl methyl sites for hydroxylation is 2. The van der Waals surface area contributed by atoms with Gasteiger partial charge in [-0.2, -0.15) is 0 Å². The van der Waals surface area contributed by atoms with Gasteiger partial charge < -0.3 is 9.47 Å². The van der Waals surface area contributed by atoms with E-state index in [1.165, 1.54) is 5.56 Å². The van der Waals surface area contributed by atoms with Crippen LogP contribution < -0.4 is 4.90 Å². The minimum Gasteiger partial charge on any atom is -0.328 e. The third-order valence-electron chi connectivity index (χ3n) is 4.84. The summed E-state index contributed by atoms with van der Waals surface area (Å²) in [4.78, 5) is 19.3. The Labute approximate surface area is 141 Å². The van der Waals surface area contributed by atoms with E-state index in [2.05, 4.69) is 36.6 Å². The monoisotopic (exact) mass is 319 g/mol. The lowest BCUT2D eigenvalue weighted by Crippen LogP contribution is -2.24. The number of aromatic nitrogens is 2. The van der Waals surface area contributed by atoms with Crippen molar-refractivity contribution in [2.45, 2.75) is 32.7 Å². The van der Waals surface area contributed by atoms with Crippen molar-refractivity contribution in [2.24, 2.45) is 0 Å². The van der Waals surface area contributed by atoms with Crippen LogP contribution in [0.5, 0.6) is 0 Å². The molecule has 0 saturated carbocycles. The average Bonchev–Trinajstić information content (AvgIpc) is 3.16. The number of rotatable bonds is 3. The summed E-state index contributed by atoms with van der Waals surface area (Å²) in [5.74, 6) is 1.35. The minimum absolute atomic E-state index is 0.145. The first-order valence-electron chi connectivity index (χ1n) is 8.49. The molecule has 1 aromatic heterocycles. The van der Waals surface area contributed by atoms with Gasteiger partial charge in [-0.1, -0.05) is 29.8 Å². The van der Waals surface area contributed by atoms with Crippen LogP contribution in [0.15, 0.2) is 48.5 Å². The summed E-state index contributed by atoms with van der Waals surface area (Å²) in [6, 6.07) is 16.4. The molecule has 1 saturated heterocycles. The van der Waals surface area contributed by atoms with Crippen LogP contribution in [0, 0.1) is 6.92 Å². The van der Waals surface area contributed by atoms with Gasteiger partial charge in [0.2, 0.25) is 5.91 Å². The predicted octanol–water partition coefficient (Wildman–Crippen LogP) is 3.89. The molecular weight excluding hydrogens is 298 g/mol. The zero-order chi connectivity index (χ0) is 16.7. The van der Waals surface area contributed by atoms with Crippen LogP contribution in [-0.2, 0) is 11.3 Å². The highest BCUT2D eigenvalue weighted by atomic mass is 16.2. The zero-order valence-corrected chi connectivity index (χ0v) is 14.1. The van der Waals surface area contributed by atoms with Gasteiger partial charge in [-0.3, -0.25) is 4.79 Å². The molecule has 2 heterocycles. The van der Waals surface area contributed by atoms with E-state index in [1.54, 1.807) is 0 Å². The van der Waals surface area contributed by atoms with E-state index in [0.717, 1.165) is 29.1 Å². The lowest BCUT2D eigenvalue weighted by molar-refractivity contribution is -0.117. The summed E-state index contributed by atoms with van der Waals surface area (Å²) in [7, 11) is 0. The second-order valence-electron chi connectivity index (χ2n) is 6.44. The van der Waals surface area contributed by atoms with Crippen LogP contribution >= 0.6 is 0 Å². The van der Waals surface area contributed by atoms with Gasteiger partial charge in [0.1, 0.15) is 5.82 Å². The lowest BCUT2D eigenvalue weighted by Gasteiger charge is -2.17. The molecule has 0 aliphatic carbocycles. The van der Waals surface area contributed by atoms with Crippen LogP contribution in [0.4, 0.5) is 5.69 Å². The summed E-state index contributed by atoms with van der Waals surface area (Å²) in [5.41, 5.74) is 4.34. The van der Waals surface area contributed by atoms with Gasteiger partial charge in [0.05, 0.1) is 11.0 Å². The second-order valence-corrected chi connectivity index (χ2v) is 6.44. The van der Waals surface area contributed by atoms with E-state index in [9.17, 15) is 4.79 Å². The fourth-order valence-electron chi connectivity index (χ4n) is 3.59. The van der Waals surface area contributed by atoms with Crippen molar-refractivity contribution in [3.63, 3.8) is 0 Å². The summed E-state index contributed by atoms with van der Waals surface area (Å²) < 4.78 is 2.24. The Balaban J connectivity index is 1.69. The fraction of sp³-hybridized carbons (Fsp3) is 0.300. The van der Waals surface area contributed by atoms with Crippen molar-refractivity contribution in [3.05, 3.63) is 59.9 Å². The van der Waals surface area contributed by atoms with Crippen LogP contribution in [0.25, 0.3) is 11.0 Å². The molecule has 1 amide bonds. The molecule has 1 unspecified atom stereocenters. The maximum atomic E-state index is 12.5. The van der Waals surface area contributed by atoms with Gasteiger partial charge >= 0.3 is 0 Å². The van der Waals surface area contributed by atoms with Gasteiger partial charge in [0.15, 0.2) is 0 Å². The van der Waals surface area contributed by atoms with Crippen molar-refractivity contribution in [3.8, 4) is 0 Å². The van der Waals surface area contributed by atoms with Crippen LogP contribution in [0.3, 0.4) is 0 Å². The highest BCUT2D eigenvalue weighted by Gasteiger charge is 2.34. The lowest BCUT2D eigenvalue weighted by atomic mass is 10.1. The molecule has 0 radical (unpaired) electrons. The molecule has 1 aliphatic rings. The summed E-state index contributed by atoms with van der Waals surface area (Å²) in [5, 5.41) is 0. The van der Waals surface area contributed by atoms with Gasteiger partial charge in [0.25, 0.3) is 0 Å².